The first-order valence-corrected chi connectivity index (χ1v) is 7.10. The van der Waals surface area contributed by atoms with Gasteiger partial charge in [0.25, 0.3) is 0 Å². The molecule has 0 aromatic carbocycles. The van der Waals surface area contributed by atoms with Crippen LogP contribution in [0, 0.1) is 0 Å². The molecule has 17 heavy (non-hydrogen) atoms. The number of esters is 1. The maximum Gasteiger partial charge on any atom is 0.306 e. The van der Waals surface area contributed by atoms with E-state index in [-0.39, 0.29) is 23.3 Å². The van der Waals surface area contributed by atoms with Gasteiger partial charge < -0.3 is 10.1 Å². The molecule has 0 fully saturated rings. The molecule has 5 nitrogen and oxygen atoms in total. The highest BCUT2D eigenvalue weighted by atomic mass is 32.2. The van der Waals surface area contributed by atoms with E-state index in [0.29, 0.717) is 6.54 Å². The third kappa shape index (κ3) is 7.90. The number of methoxy groups -OCH3 is 1. The summed E-state index contributed by atoms with van der Waals surface area (Å²) in [4.78, 5) is 22.3. The lowest BCUT2D eigenvalue weighted by atomic mass is 10.3. The normalized spacial score (nSPS) is 13.8. The van der Waals surface area contributed by atoms with Crippen molar-refractivity contribution in [2.75, 3.05) is 19.4 Å². The minimum atomic E-state index is -1.34. The van der Waals surface area contributed by atoms with Gasteiger partial charge in [-0.25, -0.2) is 0 Å². The van der Waals surface area contributed by atoms with Gasteiger partial charge in [-0.05, 0) is 6.42 Å². The first-order valence-electron chi connectivity index (χ1n) is 5.72. The minimum absolute atomic E-state index is 0.0537. The van der Waals surface area contributed by atoms with Crippen LogP contribution in [0.25, 0.3) is 0 Å². The molecule has 1 N–H and O–H groups in total. The van der Waals surface area contributed by atoms with Gasteiger partial charge in [-0.3, -0.25) is 13.8 Å². The van der Waals surface area contributed by atoms with E-state index in [9.17, 15) is 13.8 Å². The Bertz CT molecular complexity index is 281. The molecule has 0 rings (SSSR count). The summed E-state index contributed by atoms with van der Waals surface area (Å²) in [6.07, 6.45) is 1.99. The highest BCUT2D eigenvalue weighted by molar-refractivity contribution is 7.86. The molecule has 6 heteroatoms. The highest BCUT2D eigenvalue weighted by Gasteiger charge is 2.18. The molecule has 2 atom stereocenters. The fourth-order valence-corrected chi connectivity index (χ4v) is 2.11. The fraction of sp³-hybridized carbons (Fsp3) is 0.818. The number of hydrogen-bond acceptors (Lipinski definition) is 4. The molecule has 0 aliphatic carbocycles. The third-order valence-corrected chi connectivity index (χ3v) is 3.87. The largest absolute Gasteiger partial charge is 0.469 e. The Morgan fingerprint density at radius 2 is 2.06 bits per heavy atom. The van der Waals surface area contributed by atoms with E-state index in [2.05, 4.69) is 10.1 Å². The molecule has 0 spiro atoms. The van der Waals surface area contributed by atoms with Crippen LogP contribution < -0.4 is 5.32 Å². The van der Waals surface area contributed by atoms with Crippen LogP contribution in [0.15, 0.2) is 0 Å². The predicted molar refractivity (Wildman–Crippen MR) is 67.0 cm³/mol. The van der Waals surface area contributed by atoms with E-state index in [1.165, 1.54) is 7.11 Å². The number of nitrogens with one attached hydrogen (secondary N) is 1. The summed E-state index contributed by atoms with van der Waals surface area (Å²) in [6.45, 7) is 4.31. The van der Waals surface area contributed by atoms with E-state index in [4.69, 9.17) is 0 Å². The first kappa shape index (κ1) is 16.1. The van der Waals surface area contributed by atoms with Crippen LogP contribution in [0.2, 0.25) is 0 Å². The van der Waals surface area contributed by atoms with Crippen LogP contribution in [0.1, 0.15) is 33.1 Å². The number of amides is 1. The molecule has 0 bridgehead atoms. The molecule has 0 aromatic rings. The number of rotatable bonds is 8. The van der Waals surface area contributed by atoms with Gasteiger partial charge in [0.2, 0.25) is 5.91 Å². The second-order valence-electron chi connectivity index (χ2n) is 3.82. The zero-order valence-corrected chi connectivity index (χ0v) is 11.5. The average Bonchev–Trinajstić information content (AvgIpc) is 2.28. The Morgan fingerprint density at radius 1 is 1.41 bits per heavy atom. The first-order chi connectivity index (χ1) is 8.01. The maximum absolute atomic E-state index is 11.7. The topological polar surface area (TPSA) is 72.5 Å². The lowest BCUT2D eigenvalue weighted by Crippen LogP contribution is -2.32. The summed E-state index contributed by atoms with van der Waals surface area (Å²) in [5, 5.41) is 2.33. The van der Waals surface area contributed by atoms with Crippen molar-refractivity contribution in [1.29, 1.82) is 0 Å². The molecule has 1 amide bonds. The van der Waals surface area contributed by atoms with Crippen molar-refractivity contribution in [2.24, 2.45) is 0 Å². The molecule has 2 unspecified atom stereocenters. The standard InChI is InChI=1S/C11H21NO4S/c1-4-5-6-12-10(13)8-17(15)9(2)7-11(14)16-3/h9H,4-8H2,1-3H3,(H,12,13). The van der Waals surface area contributed by atoms with Gasteiger partial charge in [0.05, 0.1) is 13.5 Å². The smallest absolute Gasteiger partial charge is 0.306 e. The number of carbonyl (C=O) groups is 2. The lowest BCUT2D eigenvalue weighted by molar-refractivity contribution is -0.140. The summed E-state index contributed by atoms with van der Waals surface area (Å²) in [7, 11) is -0.0482. The van der Waals surface area contributed by atoms with Crippen molar-refractivity contribution in [1.82, 2.24) is 5.32 Å². The van der Waals surface area contributed by atoms with Crippen LogP contribution in [-0.4, -0.2) is 40.7 Å². The Labute approximate surface area is 105 Å². The second-order valence-corrected chi connectivity index (χ2v) is 5.67. The van der Waals surface area contributed by atoms with Crippen LogP contribution in [0.5, 0.6) is 0 Å². The molecule has 0 saturated carbocycles. The molecule has 0 aromatic heterocycles. The monoisotopic (exact) mass is 263 g/mol. The minimum Gasteiger partial charge on any atom is -0.469 e. The van der Waals surface area contributed by atoms with Crippen LogP contribution in [-0.2, 0) is 25.1 Å². The number of carbonyl (C=O) groups excluding carboxylic acids is 2. The van der Waals surface area contributed by atoms with E-state index in [1.807, 2.05) is 6.92 Å². The van der Waals surface area contributed by atoms with Gasteiger partial charge in [-0.1, -0.05) is 20.3 Å². The quantitative estimate of drug-likeness (QED) is 0.514. The lowest BCUT2D eigenvalue weighted by Gasteiger charge is -2.10. The zero-order valence-electron chi connectivity index (χ0n) is 10.7. The summed E-state index contributed by atoms with van der Waals surface area (Å²) in [6, 6.07) is 0. The highest BCUT2D eigenvalue weighted by Crippen LogP contribution is 2.03. The fourth-order valence-electron chi connectivity index (χ4n) is 1.14. The number of hydrogen-bond donors (Lipinski definition) is 1. The number of unbranched alkanes of at least 4 members (excludes halogenated alkanes) is 1. The van der Waals surface area contributed by atoms with Crippen molar-refractivity contribution < 1.29 is 18.5 Å². The molecule has 0 aliphatic rings. The Kier molecular flexibility index (Phi) is 8.66. The summed E-state index contributed by atoms with van der Waals surface area (Å²) >= 11 is 0. The van der Waals surface area contributed by atoms with Gasteiger partial charge in [-0.2, -0.15) is 0 Å². The van der Waals surface area contributed by atoms with Crippen LogP contribution in [0.4, 0.5) is 0 Å². The van der Waals surface area contributed by atoms with E-state index in [1.54, 1.807) is 6.92 Å². The van der Waals surface area contributed by atoms with E-state index >= 15 is 0 Å². The molecular weight excluding hydrogens is 242 g/mol. The second kappa shape index (κ2) is 9.15. The van der Waals surface area contributed by atoms with Crippen molar-refractivity contribution in [3.8, 4) is 0 Å². The Morgan fingerprint density at radius 3 is 2.59 bits per heavy atom. The van der Waals surface area contributed by atoms with Gasteiger partial charge in [0.1, 0.15) is 5.75 Å². The number of ether oxygens (including phenoxy) is 1. The Hall–Kier alpha value is -0.910. The van der Waals surface area contributed by atoms with Crippen molar-refractivity contribution in [2.45, 2.75) is 38.4 Å². The van der Waals surface area contributed by atoms with Gasteiger partial charge in [0.15, 0.2) is 0 Å². The van der Waals surface area contributed by atoms with Crippen molar-refractivity contribution in [3.63, 3.8) is 0 Å². The maximum atomic E-state index is 11.7. The van der Waals surface area contributed by atoms with Crippen LogP contribution >= 0.6 is 0 Å². The third-order valence-electron chi connectivity index (χ3n) is 2.26. The molecule has 0 saturated heterocycles. The van der Waals surface area contributed by atoms with E-state index < -0.39 is 16.8 Å². The molecular formula is C11H21NO4S. The summed E-state index contributed by atoms with van der Waals surface area (Å²) in [5.74, 6) is -0.687. The Balaban J connectivity index is 3.90. The molecule has 0 radical (unpaired) electrons. The van der Waals surface area contributed by atoms with Crippen molar-refractivity contribution >= 4 is 22.7 Å². The SMILES string of the molecule is CCCCNC(=O)CS(=O)C(C)CC(=O)OC. The van der Waals surface area contributed by atoms with Crippen LogP contribution in [0.3, 0.4) is 0 Å². The zero-order chi connectivity index (χ0) is 13.3. The van der Waals surface area contributed by atoms with Gasteiger partial charge in [0, 0.05) is 22.6 Å². The molecule has 100 valence electrons. The van der Waals surface area contributed by atoms with E-state index in [0.717, 1.165) is 12.8 Å². The predicted octanol–water partition coefficient (Wildman–Crippen LogP) is 0.603. The van der Waals surface area contributed by atoms with Gasteiger partial charge >= 0.3 is 5.97 Å². The summed E-state index contributed by atoms with van der Waals surface area (Å²) < 4.78 is 16.2. The van der Waals surface area contributed by atoms with Crippen molar-refractivity contribution in [3.05, 3.63) is 0 Å². The average molecular weight is 263 g/mol. The molecule has 0 aliphatic heterocycles. The molecule has 0 heterocycles. The summed E-state index contributed by atoms with van der Waals surface area (Å²) in [5.41, 5.74) is 0. The van der Waals surface area contributed by atoms with Gasteiger partial charge in [-0.15, -0.1) is 0 Å².